The number of nitro groups is 1. The first kappa shape index (κ1) is 12.5. The number of carboxylic acids is 1. The van der Waals surface area contributed by atoms with Gasteiger partial charge in [-0.3, -0.25) is 19.7 Å². The third-order valence-electron chi connectivity index (χ3n) is 1.96. The molecule has 0 atom stereocenters. The van der Waals surface area contributed by atoms with Crippen molar-refractivity contribution in [3.05, 3.63) is 39.9 Å². The van der Waals surface area contributed by atoms with Crippen molar-refractivity contribution in [2.45, 2.75) is 6.42 Å². The number of carboxylic acid groups (broad SMARTS) is 1. The molecule has 0 aliphatic rings. The Kier molecular flexibility index (Phi) is 3.66. The number of non-ortho nitro benzene ring substituents is 1. The summed E-state index contributed by atoms with van der Waals surface area (Å²) in [6.07, 6.45) is -0.757. The molecule has 0 unspecified atom stereocenters. The van der Waals surface area contributed by atoms with Gasteiger partial charge in [-0.15, -0.1) is 0 Å². The molecule has 0 spiro atoms. The number of carbonyl (C=O) groups is 3. The number of hydrogen-bond donors (Lipinski definition) is 1. The third kappa shape index (κ3) is 3.20. The molecule has 7 heteroatoms. The molecule has 0 aliphatic heterocycles. The molecule has 17 heavy (non-hydrogen) atoms. The summed E-state index contributed by atoms with van der Waals surface area (Å²) in [5.41, 5.74) is -0.128. The monoisotopic (exact) mass is 237 g/mol. The van der Waals surface area contributed by atoms with E-state index in [0.29, 0.717) is 0 Å². The van der Waals surface area contributed by atoms with E-state index in [1.165, 1.54) is 12.1 Å². The molecule has 0 aromatic heterocycles. The van der Waals surface area contributed by atoms with Crippen LogP contribution in [-0.2, 0) is 9.59 Å². The number of Topliss-reactive ketones (excluding diaryl/α,β-unsaturated/α-hetero) is 2. The second kappa shape index (κ2) is 4.97. The van der Waals surface area contributed by atoms with Gasteiger partial charge in [-0.25, -0.2) is 4.79 Å². The number of carbonyl (C=O) groups excluding carboxylic acids is 2. The highest BCUT2D eigenvalue weighted by molar-refractivity contribution is 6.37. The molecule has 0 heterocycles. The van der Waals surface area contributed by atoms with Gasteiger partial charge in [0.1, 0.15) is 0 Å². The number of benzene rings is 1. The van der Waals surface area contributed by atoms with Crippen LogP contribution >= 0.6 is 0 Å². The highest BCUT2D eigenvalue weighted by Crippen LogP contribution is 2.13. The van der Waals surface area contributed by atoms with Gasteiger partial charge >= 0.3 is 5.97 Å². The van der Waals surface area contributed by atoms with Crippen molar-refractivity contribution < 1.29 is 24.4 Å². The zero-order chi connectivity index (χ0) is 13.0. The van der Waals surface area contributed by atoms with Crippen molar-refractivity contribution in [1.82, 2.24) is 0 Å². The maximum Gasteiger partial charge on any atom is 0.372 e. The number of nitrogens with zero attached hydrogens (tertiary/aromatic N) is 1. The highest BCUT2D eigenvalue weighted by Gasteiger charge is 2.18. The normalized spacial score (nSPS) is 9.65. The minimum atomic E-state index is -1.68. The average molecular weight is 237 g/mol. The molecule has 0 saturated heterocycles. The first-order chi connectivity index (χ1) is 7.91. The van der Waals surface area contributed by atoms with Crippen molar-refractivity contribution in [2.75, 3.05) is 0 Å². The lowest BCUT2D eigenvalue weighted by molar-refractivity contribution is -0.384. The molecule has 0 fully saturated rings. The van der Waals surface area contributed by atoms with Gasteiger partial charge in [0, 0.05) is 17.7 Å². The quantitative estimate of drug-likeness (QED) is 0.266. The van der Waals surface area contributed by atoms with Gasteiger partial charge in [0.05, 0.1) is 11.3 Å². The number of aliphatic carboxylic acids is 1. The molecule has 0 bridgehead atoms. The van der Waals surface area contributed by atoms with Crippen LogP contribution in [0.25, 0.3) is 0 Å². The SMILES string of the molecule is O=C(O)C(=O)CC(=O)c1ccc([N+](=O)[O-])cc1. The molecule has 7 nitrogen and oxygen atoms in total. The van der Waals surface area contributed by atoms with E-state index in [1.807, 2.05) is 0 Å². The molecule has 0 amide bonds. The summed E-state index contributed by atoms with van der Waals surface area (Å²) < 4.78 is 0. The smallest absolute Gasteiger partial charge is 0.372 e. The van der Waals surface area contributed by atoms with Crippen LogP contribution in [0.4, 0.5) is 5.69 Å². The second-order valence-corrected chi connectivity index (χ2v) is 3.13. The summed E-state index contributed by atoms with van der Waals surface area (Å²) in [4.78, 5) is 42.1. The molecule has 1 rings (SSSR count). The van der Waals surface area contributed by atoms with Crippen LogP contribution in [0.2, 0.25) is 0 Å². The van der Waals surface area contributed by atoms with Crippen LogP contribution in [0.1, 0.15) is 16.8 Å². The van der Waals surface area contributed by atoms with Crippen molar-refractivity contribution in [3.8, 4) is 0 Å². The second-order valence-electron chi connectivity index (χ2n) is 3.13. The number of rotatable bonds is 5. The first-order valence-corrected chi connectivity index (χ1v) is 4.45. The molecule has 0 aliphatic carbocycles. The van der Waals surface area contributed by atoms with E-state index in [-0.39, 0.29) is 11.3 Å². The van der Waals surface area contributed by atoms with Crippen LogP contribution in [-0.4, -0.2) is 27.6 Å². The predicted octanol–water partition coefficient (Wildman–Crippen LogP) is 0.821. The lowest BCUT2D eigenvalue weighted by Crippen LogP contribution is -2.17. The molecule has 1 N–H and O–H groups in total. The van der Waals surface area contributed by atoms with E-state index in [9.17, 15) is 24.5 Å². The van der Waals surface area contributed by atoms with Crippen LogP contribution in [0.5, 0.6) is 0 Å². The number of hydrogen-bond acceptors (Lipinski definition) is 5. The Balaban J connectivity index is 2.80. The van der Waals surface area contributed by atoms with Gasteiger partial charge < -0.3 is 5.11 Å². The van der Waals surface area contributed by atoms with Gasteiger partial charge in [-0.1, -0.05) is 0 Å². The van der Waals surface area contributed by atoms with Crippen LogP contribution in [0.3, 0.4) is 0 Å². The maximum atomic E-state index is 11.4. The topological polar surface area (TPSA) is 115 Å². The summed E-state index contributed by atoms with van der Waals surface area (Å²) in [6.45, 7) is 0. The molecule has 1 aromatic rings. The van der Waals surface area contributed by atoms with E-state index in [0.717, 1.165) is 12.1 Å². The average Bonchev–Trinajstić information content (AvgIpc) is 2.28. The van der Waals surface area contributed by atoms with E-state index in [1.54, 1.807) is 0 Å². The Morgan fingerprint density at radius 1 is 1.18 bits per heavy atom. The van der Waals surface area contributed by atoms with E-state index in [4.69, 9.17) is 5.11 Å². The number of ketones is 2. The summed E-state index contributed by atoms with van der Waals surface area (Å²) in [5.74, 6) is -3.58. The Bertz CT molecular complexity index is 490. The highest BCUT2D eigenvalue weighted by atomic mass is 16.6. The van der Waals surface area contributed by atoms with E-state index >= 15 is 0 Å². The Hall–Kier alpha value is -2.57. The van der Waals surface area contributed by atoms with Crippen molar-refractivity contribution in [1.29, 1.82) is 0 Å². The Morgan fingerprint density at radius 2 is 1.71 bits per heavy atom. The van der Waals surface area contributed by atoms with Gasteiger partial charge in [-0.05, 0) is 12.1 Å². The Labute approximate surface area is 94.8 Å². The van der Waals surface area contributed by atoms with Gasteiger partial charge in [0.15, 0.2) is 5.78 Å². The van der Waals surface area contributed by atoms with Crippen LogP contribution in [0, 0.1) is 10.1 Å². The molecular formula is C10H7NO6. The summed E-state index contributed by atoms with van der Waals surface area (Å²) in [7, 11) is 0. The standard InChI is InChI=1S/C10H7NO6/c12-8(5-9(13)10(14)15)6-1-3-7(4-2-6)11(16)17/h1-4H,5H2,(H,14,15). The van der Waals surface area contributed by atoms with E-state index < -0.39 is 28.9 Å². The fourth-order valence-electron chi connectivity index (χ4n) is 1.09. The predicted molar refractivity (Wildman–Crippen MR) is 54.7 cm³/mol. The molecule has 0 saturated carbocycles. The molecule has 1 aromatic carbocycles. The molecule has 0 radical (unpaired) electrons. The lowest BCUT2D eigenvalue weighted by Gasteiger charge is -1.98. The molecule has 88 valence electrons. The minimum absolute atomic E-state index is 0.0604. The van der Waals surface area contributed by atoms with Crippen LogP contribution in [0.15, 0.2) is 24.3 Å². The molecular weight excluding hydrogens is 230 g/mol. The van der Waals surface area contributed by atoms with Crippen molar-refractivity contribution in [2.24, 2.45) is 0 Å². The summed E-state index contributed by atoms with van der Waals surface area (Å²) in [5, 5.41) is 18.6. The fourth-order valence-corrected chi connectivity index (χ4v) is 1.09. The Morgan fingerprint density at radius 3 is 2.12 bits per heavy atom. The number of nitro benzene ring substituents is 1. The third-order valence-corrected chi connectivity index (χ3v) is 1.96. The van der Waals surface area contributed by atoms with Crippen molar-refractivity contribution in [3.63, 3.8) is 0 Å². The van der Waals surface area contributed by atoms with Gasteiger partial charge in [-0.2, -0.15) is 0 Å². The fraction of sp³-hybridized carbons (Fsp3) is 0.100. The zero-order valence-electron chi connectivity index (χ0n) is 8.45. The first-order valence-electron chi connectivity index (χ1n) is 4.45. The minimum Gasteiger partial charge on any atom is -0.475 e. The van der Waals surface area contributed by atoms with Gasteiger partial charge in [0.2, 0.25) is 5.78 Å². The van der Waals surface area contributed by atoms with Crippen LogP contribution < -0.4 is 0 Å². The van der Waals surface area contributed by atoms with Crippen molar-refractivity contribution >= 4 is 23.2 Å². The summed E-state index contributed by atoms with van der Waals surface area (Å²) in [6, 6.07) is 4.57. The van der Waals surface area contributed by atoms with E-state index in [2.05, 4.69) is 0 Å². The zero-order valence-corrected chi connectivity index (χ0v) is 8.45. The lowest BCUT2D eigenvalue weighted by atomic mass is 10.1. The maximum absolute atomic E-state index is 11.4. The largest absolute Gasteiger partial charge is 0.475 e. The van der Waals surface area contributed by atoms with Gasteiger partial charge in [0.25, 0.3) is 5.69 Å². The summed E-state index contributed by atoms with van der Waals surface area (Å²) >= 11 is 0.